The molecule has 2 rings (SSSR count). The predicted octanol–water partition coefficient (Wildman–Crippen LogP) is 1.56. The maximum atomic E-state index is 12.1. The lowest BCUT2D eigenvalue weighted by atomic mass is 9.96. The Balaban J connectivity index is 1.85. The fraction of sp³-hybridized carbons (Fsp3) is 0.571. The molecule has 1 aromatic rings. The van der Waals surface area contributed by atoms with Gasteiger partial charge in [0.25, 0.3) is 0 Å². The summed E-state index contributed by atoms with van der Waals surface area (Å²) in [5.74, 6) is -0.716. The molecule has 1 fully saturated rings. The number of nitrogens with one attached hydrogen (secondary N) is 1. The van der Waals surface area contributed by atoms with E-state index in [2.05, 4.69) is 15.8 Å². The SMILES string of the molecule is CCOC(=O)CNC(=O)C1CCN(c2snc(Cl)c2C#N)CC1. The third-order valence-corrected chi connectivity index (χ3v) is 4.89. The fourth-order valence-electron chi connectivity index (χ4n) is 2.43. The number of halogens is 1. The van der Waals surface area contributed by atoms with Crippen molar-refractivity contribution in [2.45, 2.75) is 19.8 Å². The zero-order valence-electron chi connectivity index (χ0n) is 12.7. The number of carbonyl (C=O) groups excluding carboxylic acids is 2. The molecule has 1 aromatic heterocycles. The number of anilines is 1. The van der Waals surface area contributed by atoms with Gasteiger partial charge in [-0.25, -0.2) is 0 Å². The van der Waals surface area contributed by atoms with Gasteiger partial charge in [-0.05, 0) is 31.3 Å². The van der Waals surface area contributed by atoms with Crippen LogP contribution in [0.3, 0.4) is 0 Å². The number of piperidine rings is 1. The van der Waals surface area contributed by atoms with Crippen LogP contribution in [-0.2, 0) is 14.3 Å². The van der Waals surface area contributed by atoms with Gasteiger partial charge in [0.05, 0.1) is 6.61 Å². The zero-order chi connectivity index (χ0) is 16.8. The van der Waals surface area contributed by atoms with E-state index < -0.39 is 5.97 Å². The van der Waals surface area contributed by atoms with Crippen LogP contribution in [0.1, 0.15) is 25.3 Å². The van der Waals surface area contributed by atoms with Gasteiger partial charge in [-0.1, -0.05) is 11.6 Å². The summed E-state index contributed by atoms with van der Waals surface area (Å²) in [5, 5.41) is 12.7. The summed E-state index contributed by atoms with van der Waals surface area (Å²) in [7, 11) is 0. The summed E-state index contributed by atoms with van der Waals surface area (Å²) in [5.41, 5.74) is 0.391. The highest BCUT2D eigenvalue weighted by Gasteiger charge is 2.28. The molecule has 0 saturated carbocycles. The summed E-state index contributed by atoms with van der Waals surface area (Å²) in [6.07, 6.45) is 1.30. The van der Waals surface area contributed by atoms with E-state index in [9.17, 15) is 9.59 Å². The van der Waals surface area contributed by atoms with Gasteiger partial charge in [-0.15, -0.1) is 0 Å². The molecule has 7 nitrogen and oxygen atoms in total. The van der Waals surface area contributed by atoms with Crippen LogP contribution in [0.15, 0.2) is 0 Å². The van der Waals surface area contributed by atoms with Crippen LogP contribution in [0.4, 0.5) is 5.00 Å². The Morgan fingerprint density at radius 1 is 1.52 bits per heavy atom. The first-order chi connectivity index (χ1) is 11.1. The van der Waals surface area contributed by atoms with Gasteiger partial charge >= 0.3 is 5.97 Å². The third kappa shape index (κ3) is 4.33. The Labute approximate surface area is 143 Å². The van der Waals surface area contributed by atoms with Crippen LogP contribution in [0.2, 0.25) is 5.15 Å². The fourth-order valence-corrected chi connectivity index (χ4v) is 3.51. The molecule has 1 amide bonds. The second-order valence-electron chi connectivity index (χ2n) is 5.05. The van der Waals surface area contributed by atoms with Gasteiger partial charge in [-0.3, -0.25) is 9.59 Å². The third-order valence-electron chi connectivity index (χ3n) is 3.61. The molecule has 0 aliphatic carbocycles. The van der Waals surface area contributed by atoms with E-state index in [1.165, 1.54) is 11.5 Å². The molecule has 0 unspecified atom stereocenters. The number of hydrogen-bond donors (Lipinski definition) is 1. The largest absolute Gasteiger partial charge is 0.465 e. The molecule has 9 heteroatoms. The van der Waals surface area contributed by atoms with Crippen molar-refractivity contribution in [3.8, 4) is 6.07 Å². The number of hydrogen-bond acceptors (Lipinski definition) is 7. The summed E-state index contributed by atoms with van der Waals surface area (Å²) in [4.78, 5) is 25.3. The minimum atomic E-state index is -0.434. The van der Waals surface area contributed by atoms with Gasteiger partial charge in [0.15, 0.2) is 5.15 Å². The van der Waals surface area contributed by atoms with Crippen molar-refractivity contribution in [1.29, 1.82) is 5.26 Å². The van der Waals surface area contributed by atoms with Crippen LogP contribution in [0.5, 0.6) is 0 Å². The van der Waals surface area contributed by atoms with Gasteiger partial charge in [-0.2, -0.15) is 9.64 Å². The minimum Gasteiger partial charge on any atom is -0.465 e. The van der Waals surface area contributed by atoms with Crippen molar-refractivity contribution in [3.63, 3.8) is 0 Å². The summed E-state index contributed by atoms with van der Waals surface area (Å²) in [6.45, 7) is 3.20. The lowest BCUT2D eigenvalue weighted by molar-refractivity contribution is -0.143. The molecular formula is C14H17ClN4O3S. The Morgan fingerprint density at radius 2 is 2.22 bits per heavy atom. The molecule has 1 saturated heterocycles. The van der Waals surface area contributed by atoms with Gasteiger partial charge in [0, 0.05) is 19.0 Å². The average Bonchev–Trinajstić information content (AvgIpc) is 2.93. The second-order valence-corrected chi connectivity index (χ2v) is 6.16. The Hall–Kier alpha value is -1.85. The number of rotatable bonds is 5. The first-order valence-corrected chi connectivity index (χ1v) is 8.45. The molecule has 0 radical (unpaired) electrons. The lowest BCUT2D eigenvalue weighted by Gasteiger charge is -2.31. The van der Waals surface area contributed by atoms with Crippen LogP contribution >= 0.6 is 23.1 Å². The Bertz CT molecular complexity index is 620. The van der Waals surface area contributed by atoms with E-state index in [4.69, 9.17) is 21.6 Å². The summed E-state index contributed by atoms with van der Waals surface area (Å²) >= 11 is 7.08. The van der Waals surface area contributed by atoms with E-state index in [1.54, 1.807) is 6.92 Å². The van der Waals surface area contributed by atoms with Crippen LogP contribution in [0.25, 0.3) is 0 Å². The van der Waals surface area contributed by atoms with Gasteiger partial charge in [0.2, 0.25) is 5.91 Å². The molecule has 124 valence electrons. The Morgan fingerprint density at radius 3 is 2.83 bits per heavy atom. The zero-order valence-corrected chi connectivity index (χ0v) is 14.2. The molecule has 1 N–H and O–H groups in total. The number of amides is 1. The number of aromatic nitrogens is 1. The lowest BCUT2D eigenvalue weighted by Crippen LogP contribution is -2.42. The number of nitrogens with zero attached hydrogens (tertiary/aromatic N) is 3. The number of nitriles is 1. The molecule has 0 spiro atoms. The number of carbonyl (C=O) groups is 2. The van der Waals surface area contributed by atoms with E-state index in [-0.39, 0.29) is 23.5 Å². The van der Waals surface area contributed by atoms with Gasteiger partial charge < -0.3 is 15.0 Å². The minimum absolute atomic E-state index is 0.101. The van der Waals surface area contributed by atoms with Crippen molar-refractivity contribution in [2.75, 3.05) is 31.1 Å². The van der Waals surface area contributed by atoms with Crippen molar-refractivity contribution < 1.29 is 14.3 Å². The maximum absolute atomic E-state index is 12.1. The smallest absolute Gasteiger partial charge is 0.325 e. The molecule has 0 atom stereocenters. The molecule has 1 aliphatic rings. The highest BCUT2D eigenvalue weighted by molar-refractivity contribution is 7.10. The molecule has 2 heterocycles. The highest BCUT2D eigenvalue weighted by Crippen LogP contribution is 2.33. The first-order valence-electron chi connectivity index (χ1n) is 7.30. The van der Waals surface area contributed by atoms with Crippen LogP contribution < -0.4 is 10.2 Å². The highest BCUT2D eigenvalue weighted by atomic mass is 35.5. The van der Waals surface area contributed by atoms with Crippen molar-refractivity contribution in [1.82, 2.24) is 9.69 Å². The summed E-state index contributed by atoms with van der Waals surface area (Å²) in [6, 6.07) is 2.06. The molecule has 23 heavy (non-hydrogen) atoms. The summed E-state index contributed by atoms with van der Waals surface area (Å²) < 4.78 is 8.77. The van der Waals surface area contributed by atoms with E-state index in [1.807, 2.05) is 4.90 Å². The van der Waals surface area contributed by atoms with Gasteiger partial charge in [0.1, 0.15) is 23.2 Å². The van der Waals surface area contributed by atoms with Crippen molar-refractivity contribution in [3.05, 3.63) is 10.7 Å². The van der Waals surface area contributed by atoms with Crippen molar-refractivity contribution >= 4 is 40.0 Å². The molecule has 0 bridgehead atoms. The van der Waals surface area contributed by atoms with E-state index >= 15 is 0 Å². The average molecular weight is 357 g/mol. The number of ether oxygens (including phenoxy) is 1. The van der Waals surface area contributed by atoms with Crippen LogP contribution in [0, 0.1) is 17.2 Å². The monoisotopic (exact) mass is 356 g/mol. The van der Waals surface area contributed by atoms with Crippen molar-refractivity contribution in [2.24, 2.45) is 5.92 Å². The normalized spacial score (nSPS) is 15.1. The quantitative estimate of drug-likeness (QED) is 0.804. The molecule has 1 aliphatic heterocycles. The molecule has 0 aromatic carbocycles. The number of esters is 1. The second kappa shape index (κ2) is 8.13. The Kier molecular flexibility index (Phi) is 6.19. The topological polar surface area (TPSA) is 95.3 Å². The standard InChI is InChI=1S/C14H17ClN4O3S/c1-2-22-11(20)8-17-13(21)9-3-5-19(6-4-9)14-10(7-16)12(15)18-23-14/h9H,2-6,8H2,1H3,(H,17,21). The predicted molar refractivity (Wildman–Crippen MR) is 86.4 cm³/mol. The molecular weight excluding hydrogens is 340 g/mol. The first kappa shape index (κ1) is 17.5. The van der Waals surface area contributed by atoms with Crippen LogP contribution in [-0.4, -0.2) is 42.5 Å². The van der Waals surface area contributed by atoms with E-state index in [0.29, 0.717) is 38.1 Å². The maximum Gasteiger partial charge on any atom is 0.325 e. The van der Waals surface area contributed by atoms with E-state index in [0.717, 1.165) is 5.00 Å².